The molecule has 3 nitrogen and oxygen atoms in total. The largest absolute Gasteiger partial charge is 0.333 e. The van der Waals surface area contributed by atoms with Crippen LogP contribution in [-0.2, 0) is 0 Å². The highest BCUT2D eigenvalue weighted by molar-refractivity contribution is 9.14. The fraction of sp³-hybridized carbons (Fsp3) is 0.250. The van der Waals surface area contributed by atoms with Crippen molar-refractivity contribution in [1.29, 1.82) is 0 Å². The summed E-state index contributed by atoms with van der Waals surface area (Å²) in [5.74, 6) is 0. The number of anilines is 1. The zero-order valence-corrected chi connectivity index (χ0v) is 12.9. The van der Waals surface area contributed by atoms with Crippen LogP contribution in [0.15, 0.2) is 27.7 Å². The van der Waals surface area contributed by atoms with Crippen molar-refractivity contribution in [2.75, 3.05) is 11.9 Å². The smallest absolute Gasteiger partial charge is 0.319 e. The number of aryl methyl sites for hydroxylation is 2. The highest BCUT2D eigenvalue weighted by Gasteiger charge is 2.06. The Hall–Kier alpha value is -0.810. The normalized spacial score (nSPS) is 11.2. The van der Waals surface area contributed by atoms with Crippen LogP contribution in [0.4, 0.5) is 10.5 Å². The first-order chi connectivity index (χ1) is 8.04. The summed E-state index contributed by atoms with van der Waals surface area (Å²) in [5, 5.41) is 5.59. The summed E-state index contributed by atoms with van der Waals surface area (Å²) in [5.41, 5.74) is 2.97. The number of benzene rings is 1. The molecule has 17 heavy (non-hydrogen) atoms. The van der Waals surface area contributed by atoms with E-state index in [0.717, 1.165) is 21.3 Å². The van der Waals surface area contributed by atoms with Gasteiger partial charge in [-0.05, 0) is 30.0 Å². The topological polar surface area (TPSA) is 41.1 Å². The molecule has 0 unspecified atom stereocenters. The maximum atomic E-state index is 11.7. The lowest BCUT2D eigenvalue weighted by Gasteiger charge is -2.12. The summed E-state index contributed by atoms with van der Waals surface area (Å²) < 4.78 is 0.870. The summed E-state index contributed by atoms with van der Waals surface area (Å²) in [6.45, 7) is 4.38. The predicted octanol–water partition coefficient (Wildman–Crippen LogP) is 4.06. The third kappa shape index (κ3) is 4.52. The molecule has 2 amide bonds. The molecule has 2 N–H and O–H groups in total. The minimum Gasteiger partial charge on any atom is -0.333 e. The van der Waals surface area contributed by atoms with E-state index in [-0.39, 0.29) is 6.03 Å². The molecule has 0 aromatic heterocycles. The second kappa shape index (κ2) is 6.81. The van der Waals surface area contributed by atoms with Crippen LogP contribution in [0.3, 0.4) is 0 Å². The number of nitrogens with one attached hydrogen (secondary N) is 2. The van der Waals surface area contributed by atoms with E-state index < -0.39 is 0 Å². The van der Waals surface area contributed by atoms with Crippen molar-refractivity contribution in [3.8, 4) is 0 Å². The molecule has 0 fully saturated rings. The van der Waals surface area contributed by atoms with Gasteiger partial charge in [0.15, 0.2) is 0 Å². The molecule has 0 aliphatic rings. The lowest BCUT2D eigenvalue weighted by molar-refractivity contribution is 0.253. The van der Waals surface area contributed by atoms with Gasteiger partial charge >= 0.3 is 6.03 Å². The van der Waals surface area contributed by atoms with E-state index in [1.807, 2.05) is 32.0 Å². The van der Waals surface area contributed by atoms with Gasteiger partial charge in [0.2, 0.25) is 0 Å². The Labute approximate surface area is 118 Å². The molecule has 0 radical (unpaired) electrons. The number of para-hydroxylation sites is 1. The molecule has 1 aromatic rings. The fourth-order valence-electron chi connectivity index (χ4n) is 1.37. The van der Waals surface area contributed by atoms with Crippen LogP contribution < -0.4 is 10.6 Å². The summed E-state index contributed by atoms with van der Waals surface area (Å²) in [6, 6.07) is 5.69. The Morgan fingerprint density at radius 3 is 2.47 bits per heavy atom. The van der Waals surface area contributed by atoms with Crippen LogP contribution in [0.2, 0.25) is 0 Å². The standard InChI is InChI=1S/C12H14Br2N2O/c1-8-4-3-5-9(2)11(8)16-12(17)15-7-10(14)6-13/h3-6H,7H2,1-2H3,(H2,15,16,17). The van der Waals surface area contributed by atoms with Gasteiger partial charge in [0.05, 0.1) is 6.54 Å². The van der Waals surface area contributed by atoms with Crippen molar-refractivity contribution in [1.82, 2.24) is 5.32 Å². The molecule has 0 saturated carbocycles. The number of halogens is 2. The van der Waals surface area contributed by atoms with Gasteiger partial charge in [0.25, 0.3) is 0 Å². The molecule has 0 heterocycles. The van der Waals surface area contributed by atoms with Gasteiger partial charge in [0, 0.05) is 10.2 Å². The lowest BCUT2D eigenvalue weighted by atomic mass is 10.1. The molecule has 0 bridgehead atoms. The number of carbonyl (C=O) groups is 1. The van der Waals surface area contributed by atoms with E-state index in [0.29, 0.717) is 6.54 Å². The predicted molar refractivity (Wildman–Crippen MR) is 78.9 cm³/mol. The minimum absolute atomic E-state index is 0.214. The Balaban J connectivity index is 2.62. The molecular formula is C12H14Br2N2O. The monoisotopic (exact) mass is 360 g/mol. The van der Waals surface area contributed by atoms with Crippen LogP contribution >= 0.6 is 31.9 Å². The quantitative estimate of drug-likeness (QED) is 0.837. The Morgan fingerprint density at radius 2 is 1.94 bits per heavy atom. The molecule has 1 rings (SSSR count). The van der Waals surface area contributed by atoms with Crippen molar-refractivity contribution in [3.05, 3.63) is 38.8 Å². The Morgan fingerprint density at radius 1 is 1.35 bits per heavy atom. The average Bonchev–Trinajstić information content (AvgIpc) is 2.31. The maximum absolute atomic E-state index is 11.7. The van der Waals surface area contributed by atoms with Crippen LogP contribution in [0.25, 0.3) is 0 Å². The SMILES string of the molecule is Cc1cccc(C)c1NC(=O)NCC(Br)=CBr. The van der Waals surface area contributed by atoms with Crippen molar-refractivity contribution >= 4 is 43.6 Å². The number of rotatable bonds is 3. The van der Waals surface area contributed by atoms with E-state index in [2.05, 4.69) is 42.5 Å². The fourth-order valence-corrected chi connectivity index (χ4v) is 1.67. The zero-order chi connectivity index (χ0) is 12.8. The number of carbonyl (C=O) groups excluding carboxylic acids is 1. The molecule has 0 aliphatic heterocycles. The van der Waals surface area contributed by atoms with Gasteiger partial charge in [-0.2, -0.15) is 0 Å². The van der Waals surface area contributed by atoms with Gasteiger partial charge in [-0.3, -0.25) is 0 Å². The first-order valence-electron chi connectivity index (χ1n) is 5.10. The molecule has 0 atom stereocenters. The average molecular weight is 362 g/mol. The zero-order valence-electron chi connectivity index (χ0n) is 9.68. The van der Waals surface area contributed by atoms with Crippen LogP contribution in [0, 0.1) is 13.8 Å². The number of hydrogen-bond donors (Lipinski definition) is 2. The number of amides is 2. The highest BCUT2D eigenvalue weighted by Crippen LogP contribution is 2.19. The number of hydrogen-bond acceptors (Lipinski definition) is 1. The second-order valence-electron chi connectivity index (χ2n) is 3.63. The molecule has 92 valence electrons. The summed E-state index contributed by atoms with van der Waals surface area (Å²) in [7, 11) is 0. The van der Waals surface area contributed by atoms with Crippen molar-refractivity contribution < 1.29 is 4.79 Å². The summed E-state index contributed by atoms with van der Waals surface area (Å²) >= 11 is 6.47. The molecular weight excluding hydrogens is 348 g/mol. The van der Waals surface area contributed by atoms with E-state index in [9.17, 15) is 4.79 Å². The molecule has 1 aromatic carbocycles. The number of urea groups is 1. The molecule has 0 saturated heterocycles. The van der Waals surface area contributed by atoms with Crippen LogP contribution in [0.5, 0.6) is 0 Å². The maximum Gasteiger partial charge on any atom is 0.319 e. The van der Waals surface area contributed by atoms with E-state index in [1.165, 1.54) is 0 Å². The van der Waals surface area contributed by atoms with E-state index in [4.69, 9.17) is 0 Å². The molecule has 0 spiro atoms. The first-order valence-corrected chi connectivity index (χ1v) is 6.81. The Kier molecular flexibility index (Phi) is 5.71. The third-order valence-electron chi connectivity index (χ3n) is 2.26. The Bertz CT molecular complexity index is 424. The van der Waals surface area contributed by atoms with Crippen molar-refractivity contribution in [2.24, 2.45) is 0 Å². The van der Waals surface area contributed by atoms with Gasteiger partial charge in [0.1, 0.15) is 0 Å². The van der Waals surface area contributed by atoms with Crippen LogP contribution in [-0.4, -0.2) is 12.6 Å². The van der Waals surface area contributed by atoms with E-state index in [1.54, 1.807) is 4.99 Å². The summed E-state index contributed by atoms with van der Waals surface area (Å²) in [4.78, 5) is 13.4. The van der Waals surface area contributed by atoms with Gasteiger partial charge < -0.3 is 10.6 Å². The first kappa shape index (κ1) is 14.3. The lowest BCUT2D eigenvalue weighted by Crippen LogP contribution is -2.30. The highest BCUT2D eigenvalue weighted by atomic mass is 79.9. The molecule has 5 heteroatoms. The van der Waals surface area contributed by atoms with Crippen molar-refractivity contribution in [3.63, 3.8) is 0 Å². The van der Waals surface area contributed by atoms with Gasteiger partial charge in [-0.15, -0.1) is 0 Å². The van der Waals surface area contributed by atoms with E-state index >= 15 is 0 Å². The van der Waals surface area contributed by atoms with Crippen LogP contribution in [0.1, 0.15) is 11.1 Å². The minimum atomic E-state index is -0.214. The van der Waals surface area contributed by atoms with Crippen molar-refractivity contribution in [2.45, 2.75) is 13.8 Å². The summed E-state index contributed by atoms with van der Waals surface area (Å²) in [6.07, 6.45) is 0. The second-order valence-corrected chi connectivity index (χ2v) is 5.11. The molecule has 0 aliphatic carbocycles. The third-order valence-corrected chi connectivity index (χ3v) is 3.93. The van der Waals surface area contributed by atoms with Gasteiger partial charge in [-0.1, -0.05) is 50.1 Å². The van der Waals surface area contributed by atoms with Gasteiger partial charge in [-0.25, -0.2) is 4.79 Å².